The number of nitrogens with zero attached hydrogens (tertiary/aromatic N) is 1. The van der Waals surface area contributed by atoms with Crippen molar-refractivity contribution in [1.29, 1.82) is 0 Å². The summed E-state index contributed by atoms with van der Waals surface area (Å²) in [4.78, 5) is 74.1. The van der Waals surface area contributed by atoms with Crippen molar-refractivity contribution in [1.82, 2.24) is 15.7 Å². The van der Waals surface area contributed by atoms with E-state index in [9.17, 15) is 42.6 Å². The molecular formula is C41H52F3N3O13. The van der Waals surface area contributed by atoms with Gasteiger partial charge in [0.1, 0.15) is 41.5 Å². The van der Waals surface area contributed by atoms with Crippen LogP contribution in [0.3, 0.4) is 0 Å². The second kappa shape index (κ2) is 16.6. The van der Waals surface area contributed by atoms with Crippen LogP contribution in [-0.4, -0.2) is 124 Å². The standard InChI is InChI=1S/C41H52F3N3O13/c1-21(49)30(35(52)45-26(19-48)14-16-29(51)57-38(2,3)4)46-37(54)39-17-27-31-32(59-41(58-31,24-10-11-24)25-12-13-25)34(39)60-47(33(39)36(53)56-27)18-23-8-6-5-7-22(23)9-15-28(50)55-20-40(42,43)44/h5-9,15,21,24-27,30-34,48-49H,10-14,16-20H2,1-4H3,(H,45,52)(H,46,54)/t21-,26-,27+,30+,31-,32-,33-,34+,39-/m0/s1. The molecule has 6 fully saturated rings. The van der Waals surface area contributed by atoms with Gasteiger partial charge in [-0.25, -0.2) is 4.79 Å². The Bertz CT molecular complexity index is 1850. The molecule has 3 saturated heterocycles. The van der Waals surface area contributed by atoms with Crippen molar-refractivity contribution < 1.29 is 75.9 Å². The Kier molecular flexibility index (Phi) is 12.2. The molecule has 330 valence electrons. The SMILES string of the molecule is C[C@H](O)[C@@H](NC(=O)[C@@]12C[C@H]3OC(=O)[C@@H]1N(Cc1ccccc1C=CC(=O)OCC(F)(F)F)O[C@@H]2[C@H]1OC(C2CC2)(C2CC2)O[C@H]13)C(=O)N[C@H](CO)CCC(=O)OC(C)(C)C. The number of hydroxylamine groups is 2. The molecular weight excluding hydrogens is 799 g/mol. The van der Waals surface area contributed by atoms with Crippen molar-refractivity contribution in [3.05, 3.63) is 41.5 Å². The number of alkyl halides is 3. The third-order valence-corrected chi connectivity index (χ3v) is 11.8. The summed E-state index contributed by atoms with van der Waals surface area (Å²) in [7, 11) is 0. The molecule has 1 aromatic carbocycles. The summed E-state index contributed by atoms with van der Waals surface area (Å²) in [5.41, 5.74) is -1.68. The van der Waals surface area contributed by atoms with E-state index in [1.165, 1.54) is 18.1 Å². The minimum atomic E-state index is -4.71. The first-order valence-electron chi connectivity index (χ1n) is 20.4. The maximum Gasteiger partial charge on any atom is 0.422 e. The molecule has 16 nitrogen and oxygen atoms in total. The van der Waals surface area contributed by atoms with E-state index in [1.54, 1.807) is 45.0 Å². The molecule has 0 unspecified atom stereocenters. The third kappa shape index (κ3) is 9.06. The van der Waals surface area contributed by atoms with E-state index < -0.39 is 115 Å². The lowest BCUT2D eigenvalue weighted by Crippen LogP contribution is -2.71. The number of carbonyl (C=O) groups is 5. The number of aliphatic hydroxyl groups is 2. The number of amides is 2. The van der Waals surface area contributed by atoms with Gasteiger partial charge in [-0.1, -0.05) is 24.3 Å². The number of esters is 3. The van der Waals surface area contributed by atoms with E-state index >= 15 is 4.79 Å². The number of hydrogen-bond donors (Lipinski definition) is 4. The number of fused-ring (bicyclic) bond motifs is 4. The summed E-state index contributed by atoms with van der Waals surface area (Å²) in [6, 6.07) is 2.57. The average Bonchev–Trinajstić information content (AvgIpc) is 4.12. The van der Waals surface area contributed by atoms with Gasteiger partial charge >= 0.3 is 24.1 Å². The van der Waals surface area contributed by atoms with Crippen molar-refractivity contribution in [2.75, 3.05) is 13.2 Å². The van der Waals surface area contributed by atoms with Crippen molar-refractivity contribution >= 4 is 35.8 Å². The summed E-state index contributed by atoms with van der Waals surface area (Å²) in [6.07, 6.45) is -4.61. The molecule has 2 amide bonds. The molecule has 2 bridgehead atoms. The van der Waals surface area contributed by atoms with Crippen LogP contribution in [0.5, 0.6) is 0 Å². The lowest BCUT2D eigenvalue weighted by Gasteiger charge is -2.49. The van der Waals surface area contributed by atoms with Gasteiger partial charge in [0.15, 0.2) is 18.4 Å². The lowest BCUT2D eigenvalue weighted by molar-refractivity contribution is -0.235. The number of nitrogens with one attached hydrogen (secondary N) is 2. The monoisotopic (exact) mass is 851 g/mol. The summed E-state index contributed by atoms with van der Waals surface area (Å²) in [5, 5.41) is 27.5. The van der Waals surface area contributed by atoms with Crippen LogP contribution in [0, 0.1) is 17.3 Å². The predicted molar refractivity (Wildman–Crippen MR) is 199 cm³/mol. The quantitative estimate of drug-likeness (QED) is 0.107. The normalized spacial score (nSPS) is 29.9. The molecule has 1 aromatic rings. The zero-order valence-corrected chi connectivity index (χ0v) is 33.8. The molecule has 9 atom stereocenters. The van der Waals surface area contributed by atoms with E-state index in [0.29, 0.717) is 11.1 Å². The Labute approximate surface area is 344 Å². The highest BCUT2D eigenvalue weighted by Gasteiger charge is 2.78. The highest BCUT2D eigenvalue weighted by molar-refractivity contribution is 5.96. The first kappa shape index (κ1) is 43.9. The van der Waals surface area contributed by atoms with E-state index in [1.807, 2.05) is 0 Å². The number of hydrogen-bond acceptors (Lipinski definition) is 14. The molecule has 60 heavy (non-hydrogen) atoms. The van der Waals surface area contributed by atoms with Gasteiger partial charge in [0, 0.05) is 30.8 Å². The molecule has 4 N–H and O–H groups in total. The third-order valence-electron chi connectivity index (χ3n) is 11.8. The van der Waals surface area contributed by atoms with Gasteiger partial charge in [-0.3, -0.25) is 24.0 Å². The van der Waals surface area contributed by atoms with E-state index in [0.717, 1.165) is 31.8 Å². The zero-order valence-electron chi connectivity index (χ0n) is 33.8. The fraction of sp³-hybridized carbons (Fsp3) is 0.683. The molecule has 6 aliphatic rings. The molecule has 3 saturated carbocycles. The van der Waals surface area contributed by atoms with Crippen LogP contribution in [0.1, 0.15) is 83.8 Å². The van der Waals surface area contributed by atoms with Crippen molar-refractivity contribution in [3.8, 4) is 0 Å². The van der Waals surface area contributed by atoms with Crippen molar-refractivity contribution in [3.63, 3.8) is 0 Å². The minimum Gasteiger partial charge on any atom is -0.460 e. The van der Waals surface area contributed by atoms with E-state index in [4.69, 9.17) is 23.8 Å². The largest absolute Gasteiger partial charge is 0.460 e. The highest BCUT2D eigenvalue weighted by Crippen LogP contribution is 2.64. The second-order valence-corrected chi connectivity index (χ2v) is 17.6. The van der Waals surface area contributed by atoms with Crippen molar-refractivity contribution in [2.45, 2.75) is 145 Å². The second-order valence-electron chi connectivity index (χ2n) is 17.6. The number of benzene rings is 1. The Hall–Kier alpha value is -4.14. The van der Waals surface area contributed by atoms with Gasteiger partial charge in [0.05, 0.1) is 25.3 Å². The molecule has 3 aliphatic carbocycles. The van der Waals surface area contributed by atoms with Gasteiger partial charge in [0.2, 0.25) is 11.8 Å². The Morgan fingerprint density at radius 2 is 1.70 bits per heavy atom. The Balaban J connectivity index is 1.16. The fourth-order valence-corrected chi connectivity index (χ4v) is 8.90. The first-order chi connectivity index (χ1) is 28.2. The summed E-state index contributed by atoms with van der Waals surface area (Å²) >= 11 is 0. The Morgan fingerprint density at radius 3 is 2.32 bits per heavy atom. The molecule has 0 spiro atoms. The zero-order chi connectivity index (χ0) is 43.4. The van der Waals surface area contributed by atoms with Gasteiger partial charge in [-0.2, -0.15) is 18.2 Å². The van der Waals surface area contributed by atoms with Crippen LogP contribution < -0.4 is 10.6 Å². The number of halogens is 3. The molecule has 19 heteroatoms. The lowest BCUT2D eigenvalue weighted by atomic mass is 9.62. The van der Waals surface area contributed by atoms with Gasteiger partial charge in [0.25, 0.3) is 0 Å². The average molecular weight is 852 g/mol. The molecule has 3 heterocycles. The van der Waals surface area contributed by atoms with Crippen molar-refractivity contribution in [2.24, 2.45) is 17.3 Å². The summed E-state index contributed by atoms with van der Waals surface area (Å²) in [6.45, 7) is 3.90. The van der Waals surface area contributed by atoms with Crippen LogP contribution in [-0.2, 0) is 59.0 Å². The minimum absolute atomic E-state index is 0.00239. The number of ether oxygens (including phenoxy) is 5. The smallest absolute Gasteiger partial charge is 0.422 e. The summed E-state index contributed by atoms with van der Waals surface area (Å²) in [5.74, 6) is -5.01. The van der Waals surface area contributed by atoms with Crippen LogP contribution in [0.25, 0.3) is 6.08 Å². The van der Waals surface area contributed by atoms with E-state index in [-0.39, 0.29) is 37.6 Å². The molecule has 3 aliphatic heterocycles. The maximum atomic E-state index is 15.0. The van der Waals surface area contributed by atoms with Crippen LogP contribution in [0.2, 0.25) is 0 Å². The first-order valence-corrected chi connectivity index (χ1v) is 20.4. The number of rotatable bonds is 16. The van der Waals surface area contributed by atoms with E-state index in [2.05, 4.69) is 15.4 Å². The topological polar surface area (TPSA) is 208 Å². The van der Waals surface area contributed by atoms with Crippen LogP contribution >= 0.6 is 0 Å². The summed E-state index contributed by atoms with van der Waals surface area (Å²) < 4.78 is 67.2. The van der Waals surface area contributed by atoms with Crippen LogP contribution in [0.15, 0.2) is 30.3 Å². The van der Waals surface area contributed by atoms with Gasteiger partial charge in [-0.15, -0.1) is 0 Å². The number of carbonyl (C=O) groups excluding carboxylic acids is 5. The fourth-order valence-electron chi connectivity index (χ4n) is 8.90. The molecule has 7 rings (SSSR count). The highest BCUT2D eigenvalue weighted by atomic mass is 19.4. The maximum absolute atomic E-state index is 15.0. The van der Waals surface area contributed by atoms with Crippen LogP contribution in [0.4, 0.5) is 13.2 Å². The predicted octanol–water partition coefficient (Wildman–Crippen LogP) is 2.37. The van der Waals surface area contributed by atoms with Gasteiger partial charge < -0.3 is 44.5 Å². The molecule has 0 aromatic heterocycles. The van der Waals surface area contributed by atoms with Gasteiger partial charge in [-0.05, 0) is 77.0 Å². The molecule has 0 radical (unpaired) electrons. The number of aliphatic hydroxyl groups excluding tert-OH is 2. The Morgan fingerprint density at radius 1 is 1.03 bits per heavy atom.